The largest absolute Gasteiger partial charge is 0.478 e. The molecule has 1 aliphatic heterocycles. The number of amidine groups is 1. The molecule has 1 amide bonds. The summed E-state index contributed by atoms with van der Waals surface area (Å²) in [5.74, 6) is -1.19. The predicted octanol–water partition coefficient (Wildman–Crippen LogP) is 3.68. The van der Waals surface area contributed by atoms with E-state index in [2.05, 4.69) is 4.99 Å². The number of carboxylic acids is 1. The van der Waals surface area contributed by atoms with Crippen LogP contribution in [0.3, 0.4) is 0 Å². The predicted molar refractivity (Wildman–Crippen MR) is 93.2 cm³/mol. The fraction of sp³-hybridized carbons (Fsp3) is 0.0625. The molecule has 0 saturated carbocycles. The zero-order valence-corrected chi connectivity index (χ0v) is 13.7. The van der Waals surface area contributed by atoms with Crippen molar-refractivity contribution in [2.24, 2.45) is 4.99 Å². The minimum atomic E-state index is -1.05. The summed E-state index contributed by atoms with van der Waals surface area (Å²) in [4.78, 5) is 30.9. The Labute approximate surface area is 141 Å². The van der Waals surface area contributed by atoms with Crippen LogP contribution < -0.4 is 0 Å². The summed E-state index contributed by atoms with van der Waals surface area (Å²) >= 11 is 2.79. The summed E-state index contributed by atoms with van der Waals surface area (Å²) in [7, 11) is 1.63. The molecule has 0 bridgehead atoms. The molecular weight excluding hydrogens is 332 g/mol. The molecule has 0 atom stereocenters. The highest BCUT2D eigenvalue weighted by Gasteiger charge is 2.30. The van der Waals surface area contributed by atoms with E-state index in [1.54, 1.807) is 36.6 Å². The molecule has 1 aromatic carbocycles. The Morgan fingerprint density at radius 3 is 2.74 bits per heavy atom. The van der Waals surface area contributed by atoms with E-state index in [9.17, 15) is 14.7 Å². The average Bonchev–Trinajstić information content (AvgIpc) is 3.13. The van der Waals surface area contributed by atoms with E-state index < -0.39 is 5.97 Å². The van der Waals surface area contributed by atoms with Crippen molar-refractivity contribution in [1.29, 1.82) is 0 Å². The van der Waals surface area contributed by atoms with Crippen LogP contribution in [-0.2, 0) is 4.79 Å². The van der Waals surface area contributed by atoms with E-state index >= 15 is 0 Å². The summed E-state index contributed by atoms with van der Waals surface area (Å²) in [5, 5.41) is 11.6. The van der Waals surface area contributed by atoms with E-state index in [0.29, 0.717) is 15.8 Å². The molecule has 2 heterocycles. The van der Waals surface area contributed by atoms with Crippen molar-refractivity contribution in [2.45, 2.75) is 0 Å². The molecule has 2 aromatic rings. The number of para-hydroxylation sites is 1. The molecule has 1 N–H and O–H groups in total. The number of benzene rings is 1. The number of carbonyl (C=O) groups is 2. The molecule has 0 aliphatic carbocycles. The first-order valence-corrected chi connectivity index (χ1v) is 8.38. The monoisotopic (exact) mass is 344 g/mol. The molecule has 0 unspecified atom stereocenters. The van der Waals surface area contributed by atoms with Crippen molar-refractivity contribution in [3.63, 3.8) is 0 Å². The minimum absolute atomic E-state index is 0.108. The number of hydrogen-bond donors (Lipinski definition) is 1. The molecule has 5 nitrogen and oxygen atoms in total. The van der Waals surface area contributed by atoms with Crippen LogP contribution in [0.2, 0.25) is 0 Å². The highest BCUT2D eigenvalue weighted by atomic mass is 32.2. The first-order chi connectivity index (χ1) is 11.1. The summed E-state index contributed by atoms with van der Waals surface area (Å²) < 4.78 is 0. The number of hydrogen-bond acceptors (Lipinski definition) is 5. The van der Waals surface area contributed by atoms with Crippen LogP contribution in [0.25, 0.3) is 6.08 Å². The normalized spacial score (nSPS) is 18.1. The lowest BCUT2D eigenvalue weighted by molar-refractivity contribution is -0.121. The molecule has 0 radical (unpaired) electrons. The van der Waals surface area contributed by atoms with Gasteiger partial charge in [0.2, 0.25) is 0 Å². The molecule has 116 valence electrons. The summed E-state index contributed by atoms with van der Waals surface area (Å²) in [6.45, 7) is 0. The van der Waals surface area contributed by atoms with Gasteiger partial charge in [0.05, 0.1) is 16.2 Å². The Morgan fingerprint density at radius 2 is 2.04 bits per heavy atom. The first kappa shape index (κ1) is 15.5. The van der Waals surface area contributed by atoms with Crippen molar-refractivity contribution in [2.75, 3.05) is 7.05 Å². The first-order valence-electron chi connectivity index (χ1n) is 6.68. The molecule has 0 spiro atoms. The summed E-state index contributed by atoms with van der Waals surface area (Å²) in [6.07, 6.45) is 1.82. The number of thiophene rings is 1. The van der Waals surface area contributed by atoms with Gasteiger partial charge in [-0.2, -0.15) is 0 Å². The van der Waals surface area contributed by atoms with E-state index in [1.807, 2.05) is 23.6 Å². The van der Waals surface area contributed by atoms with Gasteiger partial charge in [0.25, 0.3) is 5.91 Å². The molecule has 7 heteroatoms. The summed E-state index contributed by atoms with van der Waals surface area (Å²) in [6, 6.07) is 10.3. The highest BCUT2D eigenvalue weighted by Crippen LogP contribution is 2.34. The Balaban J connectivity index is 1.96. The van der Waals surface area contributed by atoms with Crippen LogP contribution >= 0.6 is 23.1 Å². The van der Waals surface area contributed by atoms with E-state index in [1.165, 1.54) is 22.7 Å². The number of carboxylic acid groups (broad SMARTS) is 1. The second kappa shape index (κ2) is 6.39. The lowest BCUT2D eigenvalue weighted by Crippen LogP contribution is -2.23. The SMILES string of the molecule is CN1C(=O)/C(=C/c2cccs2)SC1=Nc1ccccc1C(=O)O. The Hall–Kier alpha value is -2.38. The number of nitrogens with zero attached hydrogens (tertiary/aromatic N) is 2. The van der Waals surface area contributed by atoms with Crippen LogP contribution in [0, 0.1) is 0 Å². The fourth-order valence-electron chi connectivity index (χ4n) is 2.01. The van der Waals surface area contributed by atoms with E-state index in [4.69, 9.17) is 0 Å². The van der Waals surface area contributed by atoms with Crippen molar-refractivity contribution in [3.8, 4) is 0 Å². The maximum Gasteiger partial charge on any atom is 0.337 e. The number of amides is 1. The Morgan fingerprint density at radius 1 is 1.26 bits per heavy atom. The third-order valence-corrected chi connectivity index (χ3v) is 5.05. The van der Waals surface area contributed by atoms with Crippen LogP contribution in [0.1, 0.15) is 15.2 Å². The standard InChI is InChI=1S/C16H12N2O3S2/c1-18-14(19)13(9-10-5-4-8-22-10)23-16(18)17-12-7-3-2-6-11(12)15(20)21/h2-9H,1H3,(H,20,21)/b13-9-,17-16?. The number of rotatable bonds is 3. The van der Waals surface area contributed by atoms with Gasteiger partial charge in [-0.25, -0.2) is 9.79 Å². The molecule has 1 fully saturated rings. The second-order valence-electron chi connectivity index (χ2n) is 4.71. The minimum Gasteiger partial charge on any atom is -0.478 e. The highest BCUT2D eigenvalue weighted by molar-refractivity contribution is 8.18. The van der Waals surface area contributed by atoms with Gasteiger partial charge < -0.3 is 5.11 Å². The van der Waals surface area contributed by atoms with Gasteiger partial charge in [-0.1, -0.05) is 18.2 Å². The second-order valence-corrected chi connectivity index (χ2v) is 6.70. The average molecular weight is 344 g/mol. The number of aliphatic imine (C=N–C) groups is 1. The van der Waals surface area contributed by atoms with Gasteiger partial charge in [0.1, 0.15) is 0 Å². The Bertz CT molecular complexity index is 826. The smallest absolute Gasteiger partial charge is 0.337 e. The van der Waals surface area contributed by atoms with Gasteiger partial charge in [-0.15, -0.1) is 11.3 Å². The van der Waals surface area contributed by atoms with Gasteiger partial charge in [0, 0.05) is 11.9 Å². The topological polar surface area (TPSA) is 70.0 Å². The van der Waals surface area contributed by atoms with Crippen LogP contribution in [-0.4, -0.2) is 34.1 Å². The molecular formula is C16H12N2O3S2. The molecule has 3 rings (SSSR count). The van der Waals surface area contributed by atoms with Gasteiger partial charge >= 0.3 is 5.97 Å². The maximum atomic E-state index is 12.3. The lowest BCUT2D eigenvalue weighted by Gasteiger charge is -2.08. The number of carbonyl (C=O) groups excluding carboxylic acids is 1. The third-order valence-electron chi connectivity index (χ3n) is 3.17. The van der Waals surface area contributed by atoms with Crippen molar-refractivity contribution in [3.05, 3.63) is 57.1 Å². The van der Waals surface area contributed by atoms with Gasteiger partial charge in [-0.3, -0.25) is 9.69 Å². The molecule has 1 saturated heterocycles. The number of thioether (sulfide) groups is 1. The maximum absolute atomic E-state index is 12.3. The van der Waals surface area contributed by atoms with Gasteiger partial charge in [0.15, 0.2) is 5.17 Å². The molecule has 1 aromatic heterocycles. The van der Waals surface area contributed by atoms with Crippen LogP contribution in [0.4, 0.5) is 5.69 Å². The van der Waals surface area contributed by atoms with Crippen molar-refractivity contribution < 1.29 is 14.7 Å². The van der Waals surface area contributed by atoms with Crippen molar-refractivity contribution in [1.82, 2.24) is 4.90 Å². The zero-order chi connectivity index (χ0) is 16.4. The lowest BCUT2D eigenvalue weighted by atomic mass is 10.2. The third kappa shape index (κ3) is 3.20. The number of aromatic carboxylic acids is 1. The van der Waals surface area contributed by atoms with E-state index in [-0.39, 0.29) is 11.5 Å². The van der Waals surface area contributed by atoms with Crippen LogP contribution in [0.15, 0.2) is 51.7 Å². The fourth-order valence-corrected chi connectivity index (χ4v) is 3.71. The summed E-state index contributed by atoms with van der Waals surface area (Å²) in [5.41, 5.74) is 0.441. The molecule has 1 aliphatic rings. The van der Waals surface area contributed by atoms with Gasteiger partial charge in [-0.05, 0) is 41.4 Å². The zero-order valence-electron chi connectivity index (χ0n) is 12.1. The van der Waals surface area contributed by atoms with Crippen molar-refractivity contribution >= 4 is 51.9 Å². The number of likely N-dealkylation sites (N-methyl/N-ethyl adjacent to an activating group) is 1. The van der Waals surface area contributed by atoms with E-state index in [0.717, 1.165) is 4.88 Å². The Kier molecular flexibility index (Phi) is 4.31. The quantitative estimate of drug-likeness (QED) is 0.862. The molecule has 23 heavy (non-hydrogen) atoms. The van der Waals surface area contributed by atoms with Crippen LogP contribution in [0.5, 0.6) is 0 Å².